The molecule has 0 radical (unpaired) electrons. The molecule has 2 saturated heterocycles. The summed E-state index contributed by atoms with van der Waals surface area (Å²) in [6.07, 6.45) is 1.88. The maximum atomic E-state index is 12.9. The van der Waals surface area contributed by atoms with Crippen molar-refractivity contribution in [1.29, 1.82) is 0 Å². The Morgan fingerprint density at radius 3 is 3.00 bits per heavy atom. The fourth-order valence-corrected chi connectivity index (χ4v) is 3.67. The molecule has 2 aromatic rings. The number of ether oxygens (including phenoxy) is 1. The molecular formula is C19H22N2O4. The minimum absolute atomic E-state index is 0.120. The molecule has 1 amide bonds. The van der Waals surface area contributed by atoms with E-state index in [-0.39, 0.29) is 17.5 Å². The van der Waals surface area contributed by atoms with E-state index in [9.17, 15) is 9.59 Å². The van der Waals surface area contributed by atoms with Crippen molar-refractivity contribution in [3.8, 4) is 5.75 Å². The summed E-state index contributed by atoms with van der Waals surface area (Å²) >= 11 is 0. The lowest BCUT2D eigenvalue weighted by Crippen LogP contribution is -2.50. The van der Waals surface area contributed by atoms with Crippen LogP contribution in [0.15, 0.2) is 33.5 Å². The highest BCUT2D eigenvalue weighted by molar-refractivity contribution is 5.97. The minimum Gasteiger partial charge on any atom is -0.493 e. The predicted molar refractivity (Wildman–Crippen MR) is 94.2 cm³/mol. The van der Waals surface area contributed by atoms with E-state index in [2.05, 4.69) is 4.90 Å². The SMILES string of the molecule is CCCOc1ccc2cc(C(=O)N3CCN4CCC3C4)c(=O)oc2c1. The van der Waals surface area contributed by atoms with Crippen molar-refractivity contribution in [1.82, 2.24) is 9.80 Å². The molecule has 2 aliphatic rings. The lowest BCUT2D eigenvalue weighted by molar-refractivity contribution is 0.0605. The number of carbonyl (C=O) groups is 1. The Labute approximate surface area is 146 Å². The van der Waals surface area contributed by atoms with Gasteiger partial charge in [-0.25, -0.2) is 4.79 Å². The molecule has 4 rings (SSSR count). The summed E-state index contributed by atoms with van der Waals surface area (Å²) in [7, 11) is 0. The molecule has 0 spiro atoms. The van der Waals surface area contributed by atoms with Gasteiger partial charge in [0, 0.05) is 43.7 Å². The summed E-state index contributed by atoms with van der Waals surface area (Å²) in [4.78, 5) is 29.5. The van der Waals surface area contributed by atoms with Gasteiger partial charge < -0.3 is 14.1 Å². The molecule has 2 atom stereocenters. The topological polar surface area (TPSA) is 63.0 Å². The molecule has 6 nitrogen and oxygen atoms in total. The maximum absolute atomic E-state index is 12.9. The number of piperazine rings is 1. The van der Waals surface area contributed by atoms with Crippen molar-refractivity contribution < 1.29 is 13.9 Å². The third-order valence-corrected chi connectivity index (χ3v) is 5.02. The monoisotopic (exact) mass is 342 g/mol. The zero-order valence-electron chi connectivity index (χ0n) is 14.4. The van der Waals surface area contributed by atoms with Gasteiger partial charge in [-0.1, -0.05) is 6.92 Å². The van der Waals surface area contributed by atoms with Gasteiger partial charge in [-0.15, -0.1) is 0 Å². The standard InChI is InChI=1S/C19H22N2O4/c1-2-9-24-15-4-3-13-10-16(19(23)25-17(13)11-15)18(22)21-8-7-20-6-5-14(21)12-20/h3-4,10-11,14H,2,5-9,12H2,1H3. The smallest absolute Gasteiger partial charge is 0.349 e. The van der Waals surface area contributed by atoms with Crippen LogP contribution in [0.3, 0.4) is 0 Å². The van der Waals surface area contributed by atoms with Crippen LogP contribution in [-0.4, -0.2) is 54.5 Å². The molecule has 2 fully saturated rings. The maximum Gasteiger partial charge on any atom is 0.349 e. The zero-order chi connectivity index (χ0) is 17.4. The Bertz CT molecular complexity index is 860. The van der Waals surface area contributed by atoms with Crippen LogP contribution < -0.4 is 10.4 Å². The van der Waals surface area contributed by atoms with Gasteiger partial charge in [-0.2, -0.15) is 0 Å². The average Bonchev–Trinajstić information content (AvgIpc) is 2.99. The van der Waals surface area contributed by atoms with Crippen molar-refractivity contribution >= 4 is 16.9 Å². The van der Waals surface area contributed by atoms with E-state index in [1.54, 1.807) is 12.1 Å². The number of rotatable bonds is 4. The first-order valence-corrected chi connectivity index (χ1v) is 8.90. The lowest BCUT2D eigenvalue weighted by atomic mass is 10.1. The van der Waals surface area contributed by atoms with Crippen molar-refractivity contribution in [3.05, 3.63) is 40.2 Å². The molecule has 2 unspecified atom stereocenters. The number of nitrogens with zero attached hydrogens (tertiary/aromatic N) is 2. The number of hydrogen-bond donors (Lipinski definition) is 0. The second-order valence-electron chi connectivity index (χ2n) is 6.74. The Morgan fingerprint density at radius 1 is 1.28 bits per heavy atom. The van der Waals surface area contributed by atoms with Gasteiger partial charge in [0.2, 0.25) is 0 Å². The fraction of sp³-hybridized carbons (Fsp3) is 0.474. The van der Waals surface area contributed by atoms with Crippen LogP contribution in [0.1, 0.15) is 30.1 Å². The Kier molecular flexibility index (Phi) is 4.21. The Morgan fingerprint density at radius 2 is 2.16 bits per heavy atom. The Hall–Kier alpha value is -2.34. The van der Waals surface area contributed by atoms with Crippen molar-refractivity contribution in [2.75, 3.05) is 32.8 Å². The molecule has 0 N–H and O–H groups in total. The lowest BCUT2D eigenvalue weighted by Gasteiger charge is -2.34. The number of fused-ring (bicyclic) bond motifs is 3. The zero-order valence-corrected chi connectivity index (χ0v) is 14.4. The molecule has 25 heavy (non-hydrogen) atoms. The number of benzene rings is 1. The molecule has 0 aliphatic carbocycles. The van der Waals surface area contributed by atoms with Crippen LogP contribution in [-0.2, 0) is 0 Å². The largest absolute Gasteiger partial charge is 0.493 e. The summed E-state index contributed by atoms with van der Waals surface area (Å²) in [5.74, 6) is 0.451. The molecule has 2 bridgehead atoms. The molecule has 1 aromatic heterocycles. The van der Waals surface area contributed by atoms with Crippen LogP contribution in [0.2, 0.25) is 0 Å². The molecule has 6 heteroatoms. The summed E-state index contributed by atoms with van der Waals surface area (Å²) in [5, 5.41) is 0.733. The van der Waals surface area contributed by atoms with Crippen molar-refractivity contribution in [3.63, 3.8) is 0 Å². The molecule has 2 aliphatic heterocycles. The van der Waals surface area contributed by atoms with Gasteiger partial charge in [0.15, 0.2) is 0 Å². The van der Waals surface area contributed by atoms with E-state index in [4.69, 9.17) is 9.15 Å². The van der Waals surface area contributed by atoms with E-state index in [0.29, 0.717) is 24.5 Å². The van der Waals surface area contributed by atoms with Crippen LogP contribution in [0.4, 0.5) is 0 Å². The quantitative estimate of drug-likeness (QED) is 0.797. The van der Waals surface area contributed by atoms with Crippen LogP contribution in [0.25, 0.3) is 11.0 Å². The van der Waals surface area contributed by atoms with E-state index < -0.39 is 5.63 Å². The van der Waals surface area contributed by atoms with Gasteiger partial charge in [-0.3, -0.25) is 9.69 Å². The summed E-state index contributed by atoms with van der Waals surface area (Å²) in [6, 6.07) is 7.22. The minimum atomic E-state index is -0.578. The van der Waals surface area contributed by atoms with Gasteiger partial charge >= 0.3 is 5.63 Å². The van der Waals surface area contributed by atoms with E-state index in [1.807, 2.05) is 24.0 Å². The van der Waals surface area contributed by atoms with Crippen molar-refractivity contribution in [2.45, 2.75) is 25.8 Å². The van der Waals surface area contributed by atoms with E-state index in [1.165, 1.54) is 0 Å². The third-order valence-electron chi connectivity index (χ3n) is 5.02. The second kappa shape index (κ2) is 6.52. The first kappa shape index (κ1) is 16.1. The summed E-state index contributed by atoms with van der Waals surface area (Å²) < 4.78 is 11.0. The number of amides is 1. The highest BCUT2D eigenvalue weighted by Crippen LogP contribution is 2.24. The summed E-state index contributed by atoms with van der Waals surface area (Å²) in [6.45, 7) is 6.12. The number of carbonyl (C=O) groups excluding carboxylic acids is 1. The predicted octanol–water partition coefficient (Wildman–Crippen LogP) is 2.11. The van der Waals surface area contributed by atoms with Crippen LogP contribution >= 0.6 is 0 Å². The summed E-state index contributed by atoms with van der Waals surface area (Å²) in [5.41, 5.74) is -0.0125. The van der Waals surface area contributed by atoms with E-state index >= 15 is 0 Å². The fourth-order valence-electron chi connectivity index (χ4n) is 3.67. The molecule has 132 valence electrons. The third kappa shape index (κ3) is 3.02. The van der Waals surface area contributed by atoms with E-state index in [0.717, 1.165) is 37.9 Å². The highest BCUT2D eigenvalue weighted by atomic mass is 16.5. The van der Waals surface area contributed by atoms with Gasteiger partial charge in [-0.05, 0) is 31.0 Å². The average molecular weight is 342 g/mol. The van der Waals surface area contributed by atoms with Gasteiger partial charge in [0.25, 0.3) is 5.91 Å². The number of hydrogen-bond acceptors (Lipinski definition) is 5. The Balaban J connectivity index is 1.64. The van der Waals surface area contributed by atoms with Crippen LogP contribution in [0.5, 0.6) is 5.75 Å². The molecule has 0 saturated carbocycles. The molecular weight excluding hydrogens is 320 g/mol. The van der Waals surface area contributed by atoms with Gasteiger partial charge in [0.1, 0.15) is 16.9 Å². The van der Waals surface area contributed by atoms with Crippen molar-refractivity contribution in [2.24, 2.45) is 0 Å². The highest BCUT2D eigenvalue weighted by Gasteiger charge is 2.36. The molecule has 1 aromatic carbocycles. The van der Waals surface area contributed by atoms with Gasteiger partial charge in [0.05, 0.1) is 6.61 Å². The second-order valence-corrected chi connectivity index (χ2v) is 6.74. The van der Waals surface area contributed by atoms with Crippen LogP contribution in [0, 0.1) is 0 Å². The first-order chi connectivity index (χ1) is 12.2. The normalized spacial score (nSPS) is 22.4. The first-order valence-electron chi connectivity index (χ1n) is 8.90. The molecule has 3 heterocycles.